The van der Waals surface area contributed by atoms with E-state index in [1.165, 1.54) is 19.4 Å². The quantitative estimate of drug-likeness (QED) is 0.807. The number of carbonyl (C=O) groups excluding carboxylic acids is 1. The number of nitrogens with one attached hydrogen (secondary N) is 2. The molecule has 19 heavy (non-hydrogen) atoms. The smallest absolute Gasteiger partial charge is 0.220 e. The fourth-order valence-electron chi connectivity index (χ4n) is 3.00. The summed E-state index contributed by atoms with van der Waals surface area (Å²) in [5.74, 6) is 0.794. The lowest BCUT2D eigenvalue weighted by Gasteiger charge is -2.23. The fourth-order valence-corrected chi connectivity index (χ4v) is 3.00. The van der Waals surface area contributed by atoms with Crippen LogP contribution in [0.4, 0.5) is 0 Å². The molecule has 6 heteroatoms. The van der Waals surface area contributed by atoms with Gasteiger partial charge in [-0.3, -0.25) is 9.69 Å². The van der Waals surface area contributed by atoms with Crippen molar-refractivity contribution in [3.63, 3.8) is 0 Å². The summed E-state index contributed by atoms with van der Waals surface area (Å²) in [5, 5.41) is 6.41. The number of hydrogen-bond acceptors (Lipinski definition) is 3. The molecule has 1 amide bonds. The van der Waals surface area contributed by atoms with E-state index in [-0.39, 0.29) is 30.7 Å². The second-order valence-corrected chi connectivity index (χ2v) is 5.29. The Morgan fingerprint density at radius 2 is 2.16 bits per heavy atom. The lowest BCUT2D eigenvalue weighted by molar-refractivity contribution is -0.122. The zero-order chi connectivity index (χ0) is 12.1. The minimum atomic E-state index is 0. The third-order valence-corrected chi connectivity index (χ3v) is 4.08. The number of nitrogens with zero attached hydrogens (tertiary/aromatic N) is 1. The van der Waals surface area contributed by atoms with Gasteiger partial charge >= 0.3 is 0 Å². The van der Waals surface area contributed by atoms with Crippen molar-refractivity contribution in [2.75, 3.05) is 32.7 Å². The number of halogens is 2. The van der Waals surface area contributed by atoms with Crippen molar-refractivity contribution < 1.29 is 4.79 Å². The van der Waals surface area contributed by atoms with Gasteiger partial charge in [-0.15, -0.1) is 24.8 Å². The van der Waals surface area contributed by atoms with Crippen molar-refractivity contribution in [1.82, 2.24) is 15.5 Å². The topological polar surface area (TPSA) is 44.4 Å². The summed E-state index contributed by atoms with van der Waals surface area (Å²) in [6, 6.07) is 0.575. The summed E-state index contributed by atoms with van der Waals surface area (Å²) in [4.78, 5) is 14.3. The van der Waals surface area contributed by atoms with Gasteiger partial charge in [0.2, 0.25) is 5.91 Å². The van der Waals surface area contributed by atoms with Crippen LogP contribution in [0.5, 0.6) is 0 Å². The van der Waals surface area contributed by atoms with Crippen LogP contribution in [0.2, 0.25) is 0 Å². The summed E-state index contributed by atoms with van der Waals surface area (Å²) >= 11 is 0. The van der Waals surface area contributed by atoms with Gasteiger partial charge in [0.05, 0.1) is 0 Å². The highest BCUT2D eigenvalue weighted by Gasteiger charge is 2.24. The Kier molecular flexibility index (Phi) is 9.79. The van der Waals surface area contributed by atoms with Crippen LogP contribution >= 0.6 is 24.8 Å². The molecular weight excluding hydrogens is 285 g/mol. The Hall–Kier alpha value is -0.0300. The summed E-state index contributed by atoms with van der Waals surface area (Å²) in [6.45, 7) is 7.43. The standard InChI is InChI=1S/C13H25N3O.2ClH/c1-2-16-7-3-4-12(16)10-15-13(17)8-11-5-6-14-9-11;;/h11-12,14H,2-10H2,1H3,(H,15,17);2*1H. The van der Waals surface area contributed by atoms with E-state index < -0.39 is 0 Å². The van der Waals surface area contributed by atoms with Crippen molar-refractivity contribution >= 4 is 30.7 Å². The van der Waals surface area contributed by atoms with Crippen molar-refractivity contribution in [2.45, 2.75) is 38.6 Å². The Balaban J connectivity index is 0.00000162. The monoisotopic (exact) mass is 311 g/mol. The molecule has 0 aliphatic carbocycles. The number of amides is 1. The average molecular weight is 312 g/mol. The zero-order valence-electron chi connectivity index (χ0n) is 11.7. The molecule has 2 saturated heterocycles. The van der Waals surface area contributed by atoms with Gasteiger partial charge < -0.3 is 10.6 Å². The molecule has 2 heterocycles. The van der Waals surface area contributed by atoms with E-state index in [1.54, 1.807) is 0 Å². The van der Waals surface area contributed by atoms with Gasteiger partial charge in [0, 0.05) is 19.0 Å². The first-order chi connectivity index (χ1) is 8.29. The third kappa shape index (κ3) is 5.86. The van der Waals surface area contributed by atoms with Crippen LogP contribution in [0, 0.1) is 5.92 Å². The number of hydrogen-bond donors (Lipinski definition) is 2. The largest absolute Gasteiger partial charge is 0.355 e. The maximum absolute atomic E-state index is 11.8. The van der Waals surface area contributed by atoms with E-state index in [1.807, 2.05) is 0 Å². The van der Waals surface area contributed by atoms with Crippen LogP contribution in [0.3, 0.4) is 0 Å². The number of rotatable bonds is 5. The van der Waals surface area contributed by atoms with Gasteiger partial charge in [0.15, 0.2) is 0 Å². The minimum absolute atomic E-state index is 0. The molecule has 0 spiro atoms. The first-order valence-electron chi connectivity index (χ1n) is 7.01. The minimum Gasteiger partial charge on any atom is -0.355 e. The summed E-state index contributed by atoms with van der Waals surface area (Å²) in [6.07, 6.45) is 4.36. The first kappa shape index (κ1) is 19.0. The molecule has 0 aromatic rings. The third-order valence-electron chi connectivity index (χ3n) is 4.08. The molecule has 2 aliphatic rings. The number of carbonyl (C=O) groups is 1. The molecule has 114 valence electrons. The molecule has 2 aliphatic heterocycles. The fraction of sp³-hybridized carbons (Fsp3) is 0.923. The zero-order valence-corrected chi connectivity index (χ0v) is 13.3. The number of likely N-dealkylation sites (N-methyl/N-ethyl adjacent to an activating group) is 1. The van der Waals surface area contributed by atoms with Crippen LogP contribution in [-0.4, -0.2) is 49.6 Å². The summed E-state index contributed by atoms with van der Waals surface area (Å²) in [5.41, 5.74) is 0. The van der Waals surface area contributed by atoms with Gasteiger partial charge in [0.1, 0.15) is 0 Å². The second-order valence-electron chi connectivity index (χ2n) is 5.29. The SMILES string of the molecule is CCN1CCCC1CNC(=O)CC1CCNC1.Cl.Cl. The van der Waals surface area contributed by atoms with Crippen LogP contribution in [0.1, 0.15) is 32.6 Å². The van der Waals surface area contributed by atoms with E-state index in [4.69, 9.17) is 0 Å². The second kappa shape index (κ2) is 9.81. The Labute approximate surface area is 128 Å². The van der Waals surface area contributed by atoms with Gasteiger partial charge in [0.25, 0.3) is 0 Å². The highest BCUT2D eigenvalue weighted by atomic mass is 35.5. The maximum atomic E-state index is 11.8. The average Bonchev–Trinajstić information content (AvgIpc) is 2.96. The van der Waals surface area contributed by atoms with E-state index in [2.05, 4.69) is 22.5 Å². The van der Waals surface area contributed by atoms with Crippen LogP contribution in [-0.2, 0) is 4.79 Å². The summed E-state index contributed by atoms with van der Waals surface area (Å²) in [7, 11) is 0. The molecule has 0 saturated carbocycles. The number of likely N-dealkylation sites (tertiary alicyclic amines) is 1. The lowest BCUT2D eigenvalue weighted by atomic mass is 10.0. The summed E-state index contributed by atoms with van der Waals surface area (Å²) < 4.78 is 0. The molecule has 0 bridgehead atoms. The van der Waals surface area contributed by atoms with Crippen molar-refractivity contribution in [1.29, 1.82) is 0 Å². The predicted molar refractivity (Wildman–Crippen MR) is 83.4 cm³/mol. The van der Waals surface area contributed by atoms with Crippen molar-refractivity contribution in [2.24, 2.45) is 5.92 Å². The highest BCUT2D eigenvalue weighted by Crippen LogP contribution is 2.16. The molecule has 2 unspecified atom stereocenters. The molecule has 2 atom stereocenters. The molecule has 0 aromatic heterocycles. The van der Waals surface area contributed by atoms with Gasteiger partial charge in [-0.1, -0.05) is 6.92 Å². The van der Waals surface area contributed by atoms with E-state index in [9.17, 15) is 4.79 Å². The molecule has 4 nitrogen and oxygen atoms in total. The van der Waals surface area contributed by atoms with E-state index in [0.717, 1.165) is 32.6 Å². The van der Waals surface area contributed by atoms with Crippen LogP contribution in [0.15, 0.2) is 0 Å². The Bertz CT molecular complexity index is 260. The Morgan fingerprint density at radius 1 is 1.37 bits per heavy atom. The maximum Gasteiger partial charge on any atom is 0.220 e. The van der Waals surface area contributed by atoms with Crippen molar-refractivity contribution in [3.05, 3.63) is 0 Å². The van der Waals surface area contributed by atoms with Gasteiger partial charge in [-0.05, 0) is 51.4 Å². The molecule has 2 fully saturated rings. The van der Waals surface area contributed by atoms with Crippen LogP contribution in [0.25, 0.3) is 0 Å². The van der Waals surface area contributed by atoms with E-state index in [0.29, 0.717) is 18.4 Å². The Morgan fingerprint density at radius 3 is 2.79 bits per heavy atom. The molecular formula is C13H27Cl2N3O. The normalized spacial score (nSPS) is 26.6. The van der Waals surface area contributed by atoms with Crippen molar-refractivity contribution in [3.8, 4) is 0 Å². The molecule has 0 radical (unpaired) electrons. The molecule has 2 N–H and O–H groups in total. The highest BCUT2D eigenvalue weighted by molar-refractivity contribution is 5.85. The lowest BCUT2D eigenvalue weighted by Crippen LogP contribution is -2.40. The van der Waals surface area contributed by atoms with Gasteiger partial charge in [-0.2, -0.15) is 0 Å². The van der Waals surface area contributed by atoms with Crippen LogP contribution < -0.4 is 10.6 Å². The predicted octanol–water partition coefficient (Wildman–Crippen LogP) is 1.43. The molecule has 2 rings (SSSR count). The first-order valence-corrected chi connectivity index (χ1v) is 7.01. The molecule has 0 aromatic carbocycles. The van der Waals surface area contributed by atoms with E-state index >= 15 is 0 Å². The van der Waals surface area contributed by atoms with Gasteiger partial charge in [-0.25, -0.2) is 0 Å².